The number of aromatic nitrogens is 4. The third-order valence-corrected chi connectivity index (χ3v) is 8.48. The van der Waals surface area contributed by atoms with E-state index in [0.717, 1.165) is 5.57 Å². The van der Waals surface area contributed by atoms with Crippen LogP contribution >= 0.6 is 7.75 Å². The lowest BCUT2D eigenvalue weighted by atomic mass is 10.0. The van der Waals surface area contributed by atoms with Crippen LogP contribution in [0.15, 0.2) is 47.0 Å². The first-order valence-corrected chi connectivity index (χ1v) is 16.3. The first kappa shape index (κ1) is 33.9. The summed E-state index contributed by atoms with van der Waals surface area (Å²) in [6, 6.07) is 7.47. The SMILES string of the molecule is CC(C)C[C@H](NP(=O)(OCC1(COC(=O)C(C)C)C/C1=C/n1cnc2c(=O)[nH]c(N)nc21)Oc1ccccc1)C(=O)OC(C)C. The molecule has 3 atom stereocenters. The van der Waals surface area contributed by atoms with Crippen molar-refractivity contribution in [3.8, 4) is 5.75 Å². The fourth-order valence-corrected chi connectivity index (χ4v) is 6.10. The van der Waals surface area contributed by atoms with Gasteiger partial charge in [-0.25, -0.2) is 9.55 Å². The quantitative estimate of drug-likeness (QED) is 0.157. The van der Waals surface area contributed by atoms with Gasteiger partial charge in [0, 0.05) is 6.20 Å². The molecule has 2 heterocycles. The fraction of sp³-hybridized carbons (Fsp3) is 0.500. The molecule has 0 radical (unpaired) electrons. The van der Waals surface area contributed by atoms with E-state index < -0.39 is 36.7 Å². The number of nitrogens with two attached hydrogens (primary N) is 1. The minimum atomic E-state index is -4.24. The van der Waals surface area contributed by atoms with Crippen molar-refractivity contribution < 1.29 is 32.7 Å². The van der Waals surface area contributed by atoms with E-state index in [9.17, 15) is 18.9 Å². The molecule has 4 rings (SSSR count). The van der Waals surface area contributed by atoms with Gasteiger partial charge in [-0.05, 0) is 50.3 Å². The van der Waals surface area contributed by atoms with Crippen molar-refractivity contribution in [3.05, 3.63) is 52.6 Å². The number of nitrogens with zero attached hydrogens (tertiary/aromatic N) is 3. The molecule has 244 valence electrons. The van der Waals surface area contributed by atoms with Gasteiger partial charge in [0.2, 0.25) is 5.95 Å². The second-order valence-electron chi connectivity index (χ2n) is 12.1. The number of carbonyl (C=O) groups excluding carboxylic acids is 2. The monoisotopic (exact) mass is 644 g/mol. The zero-order chi connectivity index (χ0) is 32.9. The second-order valence-corrected chi connectivity index (χ2v) is 13.8. The molecule has 0 spiro atoms. The number of para-hydroxylation sites is 1. The molecule has 0 bridgehead atoms. The number of nitrogens with one attached hydrogen (secondary N) is 2. The van der Waals surface area contributed by atoms with Crippen LogP contribution in [-0.2, 0) is 28.2 Å². The third kappa shape index (κ3) is 8.80. The Morgan fingerprint density at radius 2 is 1.84 bits per heavy atom. The van der Waals surface area contributed by atoms with Gasteiger partial charge in [0.25, 0.3) is 5.56 Å². The number of rotatable bonds is 15. The summed E-state index contributed by atoms with van der Waals surface area (Å²) in [6.45, 7) is 10.5. The lowest BCUT2D eigenvalue weighted by molar-refractivity contribution is -0.150. The minimum absolute atomic E-state index is 0.0482. The Morgan fingerprint density at radius 1 is 1.13 bits per heavy atom. The van der Waals surface area contributed by atoms with Gasteiger partial charge in [-0.3, -0.25) is 28.5 Å². The molecule has 1 fully saturated rings. The van der Waals surface area contributed by atoms with Gasteiger partial charge in [-0.15, -0.1) is 0 Å². The molecule has 14 nitrogen and oxygen atoms in total. The summed E-state index contributed by atoms with van der Waals surface area (Å²) in [5.74, 6) is -1.12. The van der Waals surface area contributed by atoms with Gasteiger partial charge in [0.05, 0.1) is 24.0 Å². The maximum atomic E-state index is 14.4. The highest BCUT2D eigenvalue weighted by molar-refractivity contribution is 7.52. The lowest BCUT2D eigenvalue weighted by Crippen LogP contribution is -2.40. The maximum absolute atomic E-state index is 14.4. The number of benzene rings is 1. The third-order valence-electron chi connectivity index (χ3n) is 6.93. The topological polar surface area (TPSA) is 190 Å². The van der Waals surface area contributed by atoms with Crippen molar-refractivity contribution in [2.24, 2.45) is 17.3 Å². The van der Waals surface area contributed by atoms with E-state index in [1.807, 2.05) is 13.8 Å². The van der Waals surface area contributed by atoms with E-state index >= 15 is 0 Å². The predicted octanol–water partition coefficient (Wildman–Crippen LogP) is 4.29. The number of hydrogen-bond acceptors (Lipinski definition) is 11. The Balaban J connectivity index is 1.66. The molecule has 3 aromatic rings. The Hall–Kier alpha value is -4.00. The van der Waals surface area contributed by atoms with Gasteiger partial charge < -0.3 is 19.7 Å². The van der Waals surface area contributed by atoms with Crippen LogP contribution in [0.1, 0.15) is 54.4 Å². The van der Waals surface area contributed by atoms with E-state index in [1.165, 1.54) is 6.33 Å². The molecule has 15 heteroatoms. The van der Waals surface area contributed by atoms with Crippen molar-refractivity contribution in [1.29, 1.82) is 0 Å². The molecule has 4 N–H and O–H groups in total. The van der Waals surface area contributed by atoms with Crippen molar-refractivity contribution in [1.82, 2.24) is 24.6 Å². The second kappa shape index (κ2) is 14.0. The number of imidazole rings is 1. The van der Waals surface area contributed by atoms with Crippen LogP contribution in [0.3, 0.4) is 0 Å². The van der Waals surface area contributed by atoms with Gasteiger partial charge in [-0.2, -0.15) is 10.1 Å². The highest BCUT2D eigenvalue weighted by atomic mass is 31.2. The van der Waals surface area contributed by atoms with Crippen LogP contribution in [0.25, 0.3) is 17.4 Å². The number of esters is 2. The van der Waals surface area contributed by atoms with Gasteiger partial charge in [-0.1, -0.05) is 45.9 Å². The number of hydrogen-bond donors (Lipinski definition) is 3. The Kier molecular flexibility index (Phi) is 10.5. The zero-order valence-corrected chi connectivity index (χ0v) is 27.2. The van der Waals surface area contributed by atoms with Crippen molar-refractivity contribution in [2.75, 3.05) is 18.9 Å². The number of ether oxygens (including phenoxy) is 2. The van der Waals surface area contributed by atoms with E-state index in [-0.39, 0.29) is 54.0 Å². The van der Waals surface area contributed by atoms with E-state index in [0.29, 0.717) is 12.8 Å². The molecule has 1 aliphatic rings. The van der Waals surface area contributed by atoms with Crippen LogP contribution in [0.4, 0.5) is 5.95 Å². The largest absolute Gasteiger partial charge is 0.464 e. The van der Waals surface area contributed by atoms with Crippen LogP contribution in [0.5, 0.6) is 5.75 Å². The molecule has 2 unspecified atom stereocenters. The molecule has 1 aliphatic carbocycles. The number of H-pyrrole nitrogens is 1. The number of fused-ring (bicyclic) bond motifs is 1. The Labute approximate surface area is 261 Å². The van der Waals surface area contributed by atoms with Crippen LogP contribution in [0, 0.1) is 17.3 Å². The first-order valence-electron chi connectivity index (χ1n) is 14.8. The van der Waals surface area contributed by atoms with E-state index in [2.05, 4.69) is 20.0 Å². The average molecular weight is 645 g/mol. The average Bonchev–Trinajstić information content (AvgIpc) is 3.49. The van der Waals surface area contributed by atoms with Gasteiger partial charge >= 0.3 is 19.7 Å². The van der Waals surface area contributed by atoms with Gasteiger partial charge in [0.15, 0.2) is 11.2 Å². The normalized spacial score (nSPS) is 19.2. The summed E-state index contributed by atoms with van der Waals surface area (Å²) in [4.78, 5) is 48.5. The summed E-state index contributed by atoms with van der Waals surface area (Å²) >= 11 is 0. The molecule has 1 saturated carbocycles. The Bertz CT molecular complexity index is 1650. The molecule has 45 heavy (non-hydrogen) atoms. The molecular formula is C30H41N6O8P. The van der Waals surface area contributed by atoms with Crippen LogP contribution < -0.4 is 20.9 Å². The number of anilines is 1. The standard InChI is InChI=1S/C30H41N6O8P/c1-18(2)12-23(28(39)43-20(5)6)35-45(40,44-22-10-8-7-9-11-22)42-16-30(15-41-27(38)19(3)4)13-21(30)14-36-17-32-24-25(36)33-29(31)34-26(24)37/h7-11,14,17-20,23H,12-13,15-16H2,1-6H3,(H,35,40)(H3,31,33,34,37)/b21-14-/t23-,30?,45?/m0/s1. The minimum Gasteiger partial charge on any atom is -0.464 e. The molecule has 2 aromatic heterocycles. The van der Waals surface area contributed by atoms with Crippen molar-refractivity contribution >= 4 is 43.0 Å². The summed E-state index contributed by atoms with van der Waals surface area (Å²) in [5.41, 5.74) is 5.47. The van der Waals surface area contributed by atoms with Gasteiger partial charge in [0.1, 0.15) is 24.7 Å². The first-order chi connectivity index (χ1) is 21.2. The molecule has 0 amide bonds. The maximum Gasteiger partial charge on any atom is 0.459 e. The lowest BCUT2D eigenvalue weighted by Gasteiger charge is -2.27. The molecular weight excluding hydrogens is 603 g/mol. The Morgan fingerprint density at radius 3 is 2.49 bits per heavy atom. The van der Waals surface area contributed by atoms with Crippen molar-refractivity contribution in [3.63, 3.8) is 0 Å². The molecule has 1 aromatic carbocycles. The zero-order valence-electron chi connectivity index (χ0n) is 26.3. The number of nitrogen functional groups attached to an aromatic ring is 1. The van der Waals surface area contributed by atoms with Crippen molar-refractivity contribution in [2.45, 2.75) is 66.5 Å². The molecule has 0 saturated heterocycles. The smallest absolute Gasteiger partial charge is 0.459 e. The predicted molar refractivity (Wildman–Crippen MR) is 168 cm³/mol. The fourth-order valence-electron chi connectivity index (χ4n) is 4.51. The summed E-state index contributed by atoms with van der Waals surface area (Å²) in [7, 11) is -4.24. The van der Waals surface area contributed by atoms with Crippen LogP contribution in [-0.4, -0.2) is 56.8 Å². The summed E-state index contributed by atoms with van der Waals surface area (Å²) in [5, 5.41) is 2.83. The highest BCUT2D eigenvalue weighted by Gasteiger charge is 2.52. The van der Waals surface area contributed by atoms with E-state index in [4.69, 9.17) is 24.3 Å². The highest BCUT2D eigenvalue weighted by Crippen LogP contribution is 2.56. The number of carbonyl (C=O) groups is 2. The number of aromatic amines is 1. The summed E-state index contributed by atoms with van der Waals surface area (Å²) in [6.07, 6.45) is 3.44. The van der Waals surface area contributed by atoms with E-state index in [1.54, 1.807) is 68.8 Å². The summed E-state index contributed by atoms with van der Waals surface area (Å²) < 4.78 is 38.9. The van der Waals surface area contributed by atoms with Crippen LogP contribution in [0.2, 0.25) is 0 Å². The molecule has 0 aliphatic heterocycles.